The fourth-order valence-corrected chi connectivity index (χ4v) is 5.32. The molecule has 0 aliphatic carbocycles. The topological polar surface area (TPSA) is 199 Å². The van der Waals surface area contributed by atoms with E-state index in [0.29, 0.717) is 10.5 Å². The third-order valence-electron chi connectivity index (χ3n) is 7.58. The van der Waals surface area contributed by atoms with Crippen molar-refractivity contribution in [3.63, 3.8) is 0 Å². The van der Waals surface area contributed by atoms with Crippen LogP contribution in [0.1, 0.15) is 31.4 Å². The van der Waals surface area contributed by atoms with Gasteiger partial charge >= 0.3 is 18.0 Å². The lowest BCUT2D eigenvalue weighted by Crippen LogP contribution is -2.74. The largest absolute Gasteiger partial charge is 0.508 e. The molecular formula is C31H30N4O9. The first-order valence-corrected chi connectivity index (χ1v) is 13.4. The van der Waals surface area contributed by atoms with Gasteiger partial charge < -0.3 is 26.0 Å². The Labute approximate surface area is 251 Å². The number of rotatable bonds is 11. The lowest BCUT2D eigenvalue weighted by molar-refractivity contribution is -0.162. The van der Waals surface area contributed by atoms with Crippen molar-refractivity contribution in [3.05, 3.63) is 96.1 Å². The number of aromatic hydroxyl groups is 1. The summed E-state index contributed by atoms with van der Waals surface area (Å²) in [5.74, 6) is -7.48. The minimum atomic E-state index is -3.33. The summed E-state index contributed by atoms with van der Waals surface area (Å²) >= 11 is 0. The van der Waals surface area contributed by atoms with Crippen LogP contribution < -0.4 is 10.6 Å². The number of phenolic OH excluding ortho intramolecular Hbond substituents is 1. The third kappa shape index (κ3) is 5.13. The molecule has 0 radical (unpaired) electrons. The number of hydrogen-bond acceptors (Lipinski definition) is 8. The number of carboxylic acid groups (broad SMARTS) is 2. The molecule has 3 atom stereocenters. The molecule has 4 amide bonds. The van der Waals surface area contributed by atoms with Crippen LogP contribution in [0.15, 0.2) is 84.9 Å². The number of ketones is 1. The molecule has 0 unspecified atom stereocenters. The van der Waals surface area contributed by atoms with E-state index >= 15 is 0 Å². The first-order chi connectivity index (χ1) is 20.8. The van der Waals surface area contributed by atoms with Crippen molar-refractivity contribution in [2.75, 3.05) is 4.90 Å². The molecular weight excluding hydrogens is 572 g/mol. The van der Waals surface area contributed by atoms with Gasteiger partial charge in [0, 0.05) is 12.2 Å². The zero-order valence-corrected chi connectivity index (χ0v) is 23.8. The number of carbonyl (C=O) groups is 6. The molecule has 0 aromatic heterocycles. The summed E-state index contributed by atoms with van der Waals surface area (Å²) in [6.45, 7) is 1.95. The molecule has 0 bridgehead atoms. The Kier molecular flexibility index (Phi) is 8.54. The van der Waals surface area contributed by atoms with Crippen LogP contribution >= 0.6 is 0 Å². The van der Waals surface area contributed by atoms with E-state index in [4.69, 9.17) is 5.73 Å². The highest BCUT2D eigenvalue weighted by atomic mass is 16.4. The summed E-state index contributed by atoms with van der Waals surface area (Å²) in [7, 11) is 0. The number of carbonyl (C=O) groups excluding carboxylic acids is 4. The van der Waals surface area contributed by atoms with Crippen molar-refractivity contribution >= 4 is 41.3 Å². The Morgan fingerprint density at radius 1 is 0.909 bits per heavy atom. The zero-order chi connectivity index (χ0) is 32.4. The normalized spacial score (nSPS) is 18.4. The van der Waals surface area contributed by atoms with Gasteiger partial charge in [-0.25, -0.2) is 14.5 Å². The maximum Gasteiger partial charge on any atom is 0.360 e. The summed E-state index contributed by atoms with van der Waals surface area (Å²) in [6.07, 6.45) is -0.941. The van der Waals surface area contributed by atoms with E-state index in [-0.39, 0.29) is 28.4 Å². The number of hydrogen-bond donors (Lipinski definition) is 4. The van der Waals surface area contributed by atoms with Crippen LogP contribution in [0.3, 0.4) is 0 Å². The second-order valence-electron chi connectivity index (χ2n) is 10.4. The van der Waals surface area contributed by atoms with Crippen molar-refractivity contribution in [1.82, 2.24) is 9.80 Å². The van der Waals surface area contributed by atoms with Crippen molar-refractivity contribution in [1.29, 1.82) is 0 Å². The number of para-hydroxylation sites is 1. The van der Waals surface area contributed by atoms with E-state index in [2.05, 4.69) is 0 Å². The maximum atomic E-state index is 14.6. The Bertz CT molecular complexity index is 1600. The fraction of sp³-hybridized carbons (Fsp3) is 0.226. The van der Waals surface area contributed by atoms with Gasteiger partial charge in [0.25, 0.3) is 11.6 Å². The highest BCUT2D eigenvalue weighted by Crippen LogP contribution is 2.44. The minimum Gasteiger partial charge on any atom is -0.508 e. The Balaban J connectivity index is 2.03. The van der Waals surface area contributed by atoms with Crippen LogP contribution in [0.4, 0.5) is 10.5 Å². The van der Waals surface area contributed by atoms with E-state index < -0.39 is 59.2 Å². The van der Waals surface area contributed by atoms with Crippen LogP contribution in [0, 0.1) is 0 Å². The second kappa shape index (κ2) is 12.0. The molecule has 5 N–H and O–H groups in total. The maximum absolute atomic E-state index is 14.6. The van der Waals surface area contributed by atoms with E-state index in [1.54, 1.807) is 30.3 Å². The van der Waals surface area contributed by atoms with Gasteiger partial charge in [0.15, 0.2) is 5.78 Å². The van der Waals surface area contributed by atoms with Gasteiger partial charge in [-0.2, -0.15) is 0 Å². The van der Waals surface area contributed by atoms with E-state index in [0.717, 1.165) is 11.8 Å². The number of Topliss-reactive ketones (excluding diaryl/α,β-unsaturated/α-hetero) is 1. The Hall–Kier alpha value is -5.56. The van der Waals surface area contributed by atoms with Crippen molar-refractivity contribution in [2.24, 2.45) is 5.73 Å². The van der Waals surface area contributed by atoms with Crippen LogP contribution in [-0.2, 0) is 36.1 Å². The monoisotopic (exact) mass is 602 g/mol. The molecule has 3 aromatic rings. The van der Waals surface area contributed by atoms with Crippen LogP contribution in [0.5, 0.6) is 5.75 Å². The van der Waals surface area contributed by atoms with Gasteiger partial charge in [0.1, 0.15) is 11.3 Å². The highest BCUT2D eigenvalue weighted by molar-refractivity contribution is 6.24. The number of phenols is 1. The number of nitrogens with two attached hydrogens (primary N) is 1. The van der Waals surface area contributed by atoms with Gasteiger partial charge in [-0.3, -0.25) is 24.1 Å². The van der Waals surface area contributed by atoms with E-state index in [1.807, 2.05) is 0 Å². The molecule has 1 aliphatic rings. The number of benzene rings is 3. The molecule has 1 aliphatic heterocycles. The molecule has 228 valence electrons. The number of amides is 4. The average molecular weight is 603 g/mol. The highest BCUT2D eigenvalue weighted by Gasteiger charge is 2.69. The summed E-state index contributed by atoms with van der Waals surface area (Å²) in [5, 5.41) is 30.0. The first kappa shape index (κ1) is 31.4. The lowest BCUT2D eigenvalue weighted by Gasteiger charge is -2.43. The van der Waals surface area contributed by atoms with Gasteiger partial charge in [-0.05, 0) is 49.2 Å². The SMILES string of the molecule is CC(=O)[C@@](C(=O)O)(N1C(=O)N(Cc2ccccc2)[C@](C)(c2ccc(O)cc2)C1=O)N(C(=O)[C@@H](N)CC(=O)O)c1ccccc1. The average Bonchev–Trinajstić information content (AvgIpc) is 3.17. The summed E-state index contributed by atoms with van der Waals surface area (Å²) in [4.78, 5) is 83.2. The standard InChI is InChI=1S/C31H30N4O9/c1-19(36)31(28(42)43,34(22-11-7-4-8-12-22)26(40)24(32)17-25(38)39)35-27(41)30(2,21-13-15-23(37)16-14-21)33(29(35)44)18-20-9-5-3-6-10-20/h3-16,24,37H,17-18,32H2,1-2H3,(H,38,39)(H,42,43)/t24-,30+,31-/m0/s1. The van der Waals surface area contributed by atoms with E-state index in [1.165, 1.54) is 61.5 Å². The van der Waals surface area contributed by atoms with Crippen molar-refractivity contribution in [3.8, 4) is 5.75 Å². The minimum absolute atomic E-state index is 0.141. The molecule has 0 spiro atoms. The Morgan fingerprint density at radius 3 is 1.95 bits per heavy atom. The predicted molar refractivity (Wildman–Crippen MR) is 155 cm³/mol. The molecule has 3 aromatic carbocycles. The van der Waals surface area contributed by atoms with Crippen LogP contribution in [-0.4, -0.2) is 72.4 Å². The number of nitrogens with zero attached hydrogens (tertiary/aromatic N) is 3. The molecule has 1 heterocycles. The molecule has 0 saturated carbocycles. The predicted octanol–water partition coefficient (Wildman–Crippen LogP) is 2.28. The molecule has 4 rings (SSSR count). The quantitative estimate of drug-likeness (QED) is 0.186. The number of aliphatic carboxylic acids is 2. The van der Waals surface area contributed by atoms with Crippen LogP contribution in [0.25, 0.3) is 0 Å². The van der Waals surface area contributed by atoms with Gasteiger partial charge in [0.2, 0.25) is 5.91 Å². The second-order valence-corrected chi connectivity index (χ2v) is 10.4. The van der Waals surface area contributed by atoms with Gasteiger partial charge in [-0.15, -0.1) is 0 Å². The summed E-state index contributed by atoms with van der Waals surface area (Å²) in [5.41, 5.74) is 1.15. The summed E-state index contributed by atoms with van der Waals surface area (Å²) < 4.78 is 0. The van der Waals surface area contributed by atoms with Crippen molar-refractivity contribution < 1.29 is 44.1 Å². The molecule has 1 saturated heterocycles. The fourth-order valence-electron chi connectivity index (χ4n) is 5.32. The molecule has 44 heavy (non-hydrogen) atoms. The van der Waals surface area contributed by atoms with Gasteiger partial charge in [0.05, 0.1) is 12.5 Å². The van der Waals surface area contributed by atoms with Crippen molar-refractivity contribution in [2.45, 2.75) is 44.1 Å². The molecule has 13 nitrogen and oxygen atoms in total. The number of carboxylic acids is 2. The molecule has 1 fully saturated rings. The lowest BCUT2D eigenvalue weighted by atomic mass is 9.88. The number of imide groups is 1. The smallest absolute Gasteiger partial charge is 0.360 e. The summed E-state index contributed by atoms with van der Waals surface area (Å²) in [6, 6.07) is 17.6. The Morgan fingerprint density at radius 2 is 1.45 bits per heavy atom. The first-order valence-electron chi connectivity index (χ1n) is 13.4. The molecule has 13 heteroatoms. The van der Waals surface area contributed by atoms with Gasteiger partial charge in [-0.1, -0.05) is 60.7 Å². The van der Waals surface area contributed by atoms with Crippen LogP contribution in [0.2, 0.25) is 0 Å². The number of urea groups is 1. The number of anilines is 1. The zero-order valence-electron chi connectivity index (χ0n) is 23.8. The third-order valence-corrected chi connectivity index (χ3v) is 7.58. The van der Waals surface area contributed by atoms with E-state index in [9.17, 15) is 44.1 Å².